The van der Waals surface area contributed by atoms with Gasteiger partial charge in [-0.3, -0.25) is 9.59 Å². The first-order valence-electron chi connectivity index (χ1n) is 8.02. The van der Waals surface area contributed by atoms with Crippen LogP contribution in [-0.4, -0.2) is 22.8 Å². The molecule has 1 aromatic carbocycles. The predicted molar refractivity (Wildman–Crippen MR) is 100 cm³/mol. The van der Waals surface area contributed by atoms with Gasteiger partial charge in [-0.1, -0.05) is 24.3 Å². The van der Waals surface area contributed by atoms with Gasteiger partial charge in [0.1, 0.15) is 0 Å². The lowest BCUT2D eigenvalue weighted by Crippen LogP contribution is -2.26. The molecule has 0 unspecified atom stereocenters. The van der Waals surface area contributed by atoms with E-state index in [4.69, 9.17) is 0 Å². The minimum absolute atomic E-state index is 0.0354. The molecule has 6 heteroatoms. The molecule has 0 saturated carbocycles. The number of thiophene rings is 1. The van der Waals surface area contributed by atoms with E-state index in [1.54, 1.807) is 23.1 Å². The molecule has 126 valence electrons. The molecule has 2 amide bonds. The molecule has 1 aliphatic heterocycles. The fourth-order valence-corrected chi connectivity index (χ4v) is 4.36. The highest BCUT2D eigenvalue weighted by molar-refractivity contribution is 8.00. The number of thioether (sulfide) groups is 1. The molecule has 0 radical (unpaired) electrons. The molecule has 4 nitrogen and oxygen atoms in total. The lowest BCUT2D eigenvalue weighted by Gasteiger charge is -2.12. The Kier molecular flexibility index (Phi) is 5.93. The largest absolute Gasteiger partial charge is 0.351 e. The number of carbonyl (C=O) groups is 2. The first kappa shape index (κ1) is 17.0. The second-order valence-corrected chi connectivity index (χ2v) is 7.99. The van der Waals surface area contributed by atoms with Crippen molar-refractivity contribution in [3.8, 4) is 0 Å². The number of benzene rings is 1. The summed E-state index contributed by atoms with van der Waals surface area (Å²) in [6, 6.07) is 11.9. The number of anilines is 1. The number of amides is 2. The molecule has 1 aliphatic rings. The number of aryl methyl sites for hydroxylation is 1. The second kappa shape index (κ2) is 8.35. The Hall–Kier alpha value is -1.79. The number of hydrogen-bond donors (Lipinski definition) is 2. The zero-order valence-electron chi connectivity index (χ0n) is 13.3. The molecule has 0 bridgehead atoms. The van der Waals surface area contributed by atoms with Crippen LogP contribution < -0.4 is 10.6 Å². The van der Waals surface area contributed by atoms with Crippen molar-refractivity contribution in [1.29, 1.82) is 0 Å². The van der Waals surface area contributed by atoms with Crippen LogP contribution in [0, 0.1) is 0 Å². The fourth-order valence-electron chi connectivity index (χ4n) is 2.63. The van der Waals surface area contributed by atoms with Crippen LogP contribution in [0.4, 0.5) is 5.69 Å². The summed E-state index contributed by atoms with van der Waals surface area (Å²) in [5.41, 5.74) is 2.10. The molecule has 1 aromatic heterocycles. The van der Waals surface area contributed by atoms with Gasteiger partial charge < -0.3 is 10.6 Å². The monoisotopic (exact) mass is 360 g/mol. The molecule has 1 atom stereocenters. The lowest BCUT2D eigenvalue weighted by atomic mass is 10.1. The molecule has 24 heavy (non-hydrogen) atoms. The highest BCUT2D eigenvalue weighted by atomic mass is 32.2. The SMILES string of the molecule is O=C(CCS[C@H]1CCc2ccccc2NC1=O)NCc1cccs1. The first-order chi connectivity index (χ1) is 11.7. The molecule has 2 heterocycles. The standard InChI is InChI=1S/C18H20N2O2S2/c21-17(19-12-14-5-3-10-23-14)9-11-24-16-8-7-13-4-1-2-6-15(13)20-18(16)22/h1-6,10,16H,7-9,11-12H2,(H,19,21)(H,20,22)/t16-/m0/s1. The van der Waals surface area contributed by atoms with Gasteiger partial charge in [-0.25, -0.2) is 0 Å². The van der Waals surface area contributed by atoms with Crippen LogP contribution in [0.5, 0.6) is 0 Å². The Morgan fingerprint density at radius 2 is 2.17 bits per heavy atom. The summed E-state index contributed by atoms with van der Waals surface area (Å²) in [4.78, 5) is 25.3. The van der Waals surface area contributed by atoms with Crippen molar-refractivity contribution in [2.24, 2.45) is 0 Å². The molecule has 2 N–H and O–H groups in total. The number of fused-ring (bicyclic) bond motifs is 1. The molecule has 0 spiro atoms. The predicted octanol–water partition coefficient (Wildman–Crippen LogP) is 3.44. The molecular formula is C18H20N2O2S2. The molecule has 0 aliphatic carbocycles. The Morgan fingerprint density at radius 3 is 3.00 bits per heavy atom. The summed E-state index contributed by atoms with van der Waals surface area (Å²) in [6.45, 7) is 0.584. The van der Waals surface area contributed by atoms with E-state index in [2.05, 4.69) is 16.7 Å². The zero-order chi connectivity index (χ0) is 16.8. The van der Waals surface area contributed by atoms with Crippen molar-refractivity contribution in [1.82, 2.24) is 5.32 Å². The van der Waals surface area contributed by atoms with E-state index in [0.29, 0.717) is 18.7 Å². The fraction of sp³-hybridized carbons (Fsp3) is 0.333. The van der Waals surface area contributed by atoms with E-state index in [0.717, 1.165) is 23.4 Å². The third kappa shape index (κ3) is 4.61. The number of hydrogen-bond acceptors (Lipinski definition) is 4. The van der Waals surface area contributed by atoms with Gasteiger partial charge >= 0.3 is 0 Å². The van der Waals surface area contributed by atoms with E-state index in [1.807, 2.05) is 35.7 Å². The van der Waals surface area contributed by atoms with Crippen LogP contribution in [0.2, 0.25) is 0 Å². The van der Waals surface area contributed by atoms with Crippen LogP contribution in [0.15, 0.2) is 41.8 Å². The summed E-state index contributed by atoms with van der Waals surface area (Å²) >= 11 is 3.21. The number of rotatable bonds is 6. The molecule has 3 rings (SSSR count). The van der Waals surface area contributed by atoms with Crippen molar-refractivity contribution >= 4 is 40.6 Å². The molecule has 0 saturated heterocycles. The second-order valence-electron chi connectivity index (χ2n) is 5.65. The van der Waals surface area contributed by atoms with E-state index in [1.165, 1.54) is 5.56 Å². The van der Waals surface area contributed by atoms with Crippen molar-refractivity contribution in [2.75, 3.05) is 11.1 Å². The summed E-state index contributed by atoms with van der Waals surface area (Å²) in [5.74, 6) is 0.738. The summed E-state index contributed by atoms with van der Waals surface area (Å²) in [7, 11) is 0. The summed E-state index contributed by atoms with van der Waals surface area (Å²) in [5, 5.41) is 7.82. The Balaban J connectivity index is 1.42. The smallest absolute Gasteiger partial charge is 0.237 e. The topological polar surface area (TPSA) is 58.2 Å². The third-order valence-corrected chi connectivity index (χ3v) is 6.10. The van der Waals surface area contributed by atoms with Crippen molar-refractivity contribution in [3.63, 3.8) is 0 Å². The summed E-state index contributed by atoms with van der Waals surface area (Å²) < 4.78 is 0. The third-order valence-electron chi connectivity index (χ3n) is 3.93. The highest BCUT2D eigenvalue weighted by Gasteiger charge is 2.23. The maximum absolute atomic E-state index is 12.3. The number of para-hydroxylation sites is 1. The normalized spacial score (nSPS) is 16.8. The van der Waals surface area contributed by atoms with Crippen molar-refractivity contribution < 1.29 is 9.59 Å². The Labute approximate surface area is 150 Å². The van der Waals surface area contributed by atoms with Gasteiger partial charge in [0.25, 0.3) is 0 Å². The molecule has 2 aromatic rings. The molecule has 0 fully saturated rings. The number of carbonyl (C=O) groups excluding carboxylic acids is 2. The van der Waals surface area contributed by atoms with Gasteiger partial charge in [0.05, 0.1) is 11.8 Å². The van der Waals surface area contributed by atoms with Gasteiger partial charge in [-0.15, -0.1) is 23.1 Å². The van der Waals surface area contributed by atoms with Gasteiger partial charge in [0.15, 0.2) is 0 Å². The average Bonchev–Trinajstić information content (AvgIpc) is 3.05. The van der Waals surface area contributed by atoms with Gasteiger partial charge in [-0.2, -0.15) is 0 Å². The minimum atomic E-state index is -0.0949. The zero-order valence-corrected chi connectivity index (χ0v) is 14.9. The van der Waals surface area contributed by atoms with Crippen LogP contribution >= 0.6 is 23.1 Å². The summed E-state index contributed by atoms with van der Waals surface area (Å²) in [6.07, 6.45) is 2.13. The van der Waals surface area contributed by atoms with Crippen molar-refractivity contribution in [2.45, 2.75) is 31.1 Å². The van der Waals surface area contributed by atoms with Crippen LogP contribution in [-0.2, 0) is 22.6 Å². The van der Waals surface area contributed by atoms with Crippen LogP contribution in [0.1, 0.15) is 23.3 Å². The van der Waals surface area contributed by atoms with Gasteiger partial charge in [-0.05, 0) is 35.9 Å². The van der Waals surface area contributed by atoms with Crippen LogP contribution in [0.25, 0.3) is 0 Å². The highest BCUT2D eigenvalue weighted by Crippen LogP contribution is 2.27. The van der Waals surface area contributed by atoms with Gasteiger partial charge in [0, 0.05) is 22.7 Å². The van der Waals surface area contributed by atoms with E-state index >= 15 is 0 Å². The van der Waals surface area contributed by atoms with Crippen LogP contribution in [0.3, 0.4) is 0 Å². The average molecular weight is 361 g/mol. The van der Waals surface area contributed by atoms with Gasteiger partial charge in [0.2, 0.25) is 11.8 Å². The maximum Gasteiger partial charge on any atom is 0.237 e. The molecular weight excluding hydrogens is 340 g/mol. The van der Waals surface area contributed by atoms with E-state index < -0.39 is 0 Å². The number of nitrogens with one attached hydrogen (secondary N) is 2. The quantitative estimate of drug-likeness (QED) is 0.830. The minimum Gasteiger partial charge on any atom is -0.351 e. The lowest BCUT2D eigenvalue weighted by molar-refractivity contribution is -0.121. The first-order valence-corrected chi connectivity index (χ1v) is 9.94. The van der Waals surface area contributed by atoms with Crippen molar-refractivity contribution in [3.05, 3.63) is 52.2 Å². The van der Waals surface area contributed by atoms with E-state index in [-0.39, 0.29) is 17.1 Å². The Morgan fingerprint density at radius 1 is 1.29 bits per heavy atom. The maximum atomic E-state index is 12.3. The van der Waals surface area contributed by atoms with E-state index in [9.17, 15) is 9.59 Å². The Bertz CT molecular complexity index is 701.